The van der Waals surface area contributed by atoms with Gasteiger partial charge in [-0.05, 0) is 49.4 Å². The minimum Gasteiger partial charge on any atom is -0.353 e. The molecule has 6 heteroatoms. The number of carbonyl (C=O) groups is 1. The Morgan fingerprint density at radius 2 is 1.79 bits per heavy atom. The van der Waals surface area contributed by atoms with E-state index in [9.17, 15) is 13.2 Å². The van der Waals surface area contributed by atoms with Gasteiger partial charge >= 0.3 is 0 Å². The molecule has 1 aliphatic rings. The number of amides is 1. The molecule has 150 valence electrons. The summed E-state index contributed by atoms with van der Waals surface area (Å²) in [4.78, 5) is 17.1. The molecule has 0 aliphatic heterocycles. The molecule has 0 spiro atoms. The Kier molecular flexibility index (Phi) is 6.50. The van der Waals surface area contributed by atoms with Gasteiger partial charge in [0.1, 0.15) is 0 Å². The van der Waals surface area contributed by atoms with E-state index >= 15 is 0 Å². The molecule has 28 heavy (non-hydrogen) atoms. The lowest BCUT2D eigenvalue weighted by Crippen LogP contribution is -2.39. The van der Waals surface area contributed by atoms with Crippen molar-refractivity contribution in [2.45, 2.75) is 56.4 Å². The predicted molar refractivity (Wildman–Crippen MR) is 111 cm³/mol. The van der Waals surface area contributed by atoms with Gasteiger partial charge in [-0.1, -0.05) is 37.5 Å². The van der Waals surface area contributed by atoms with Gasteiger partial charge in [-0.25, -0.2) is 8.42 Å². The summed E-state index contributed by atoms with van der Waals surface area (Å²) >= 11 is 0. The van der Waals surface area contributed by atoms with E-state index < -0.39 is 9.84 Å². The largest absolute Gasteiger partial charge is 0.353 e. The van der Waals surface area contributed by atoms with Crippen LogP contribution in [0.4, 0.5) is 0 Å². The van der Waals surface area contributed by atoms with Crippen molar-refractivity contribution in [3.63, 3.8) is 0 Å². The van der Waals surface area contributed by atoms with Crippen LogP contribution in [-0.2, 0) is 21.1 Å². The highest BCUT2D eigenvalue weighted by molar-refractivity contribution is 7.90. The highest BCUT2D eigenvalue weighted by Crippen LogP contribution is 2.26. The lowest BCUT2D eigenvalue weighted by molar-refractivity contribution is -0.121. The topological polar surface area (TPSA) is 76.1 Å². The molecule has 5 nitrogen and oxygen atoms in total. The van der Waals surface area contributed by atoms with E-state index in [1.165, 1.54) is 38.4 Å². The minimum absolute atomic E-state index is 0.0325. The first-order valence-electron chi connectivity index (χ1n) is 9.88. The fourth-order valence-corrected chi connectivity index (χ4v) is 4.45. The number of hydrogen-bond acceptors (Lipinski definition) is 4. The third kappa shape index (κ3) is 5.41. The second-order valence-corrected chi connectivity index (χ2v) is 9.80. The molecule has 0 bridgehead atoms. The van der Waals surface area contributed by atoms with Gasteiger partial charge < -0.3 is 5.32 Å². The molecule has 0 saturated heterocycles. The fourth-order valence-electron chi connectivity index (χ4n) is 3.82. The van der Waals surface area contributed by atoms with Crippen LogP contribution in [0.25, 0.3) is 11.3 Å². The molecule has 1 aromatic heterocycles. The van der Waals surface area contributed by atoms with Crippen molar-refractivity contribution in [3.05, 3.63) is 48.2 Å². The van der Waals surface area contributed by atoms with Crippen LogP contribution in [0.2, 0.25) is 0 Å². The van der Waals surface area contributed by atoms with Gasteiger partial charge in [0.15, 0.2) is 9.84 Å². The van der Waals surface area contributed by atoms with Gasteiger partial charge in [0.05, 0.1) is 17.0 Å². The third-order valence-electron chi connectivity index (χ3n) is 5.51. The molecule has 2 aromatic rings. The lowest BCUT2D eigenvalue weighted by atomic mass is 9.84. The van der Waals surface area contributed by atoms with E-state index in [1.54, 1.807) is 30.5 Å². The molecular formula is C22H28N2O3S. The van der Waals surface area contributed by atoms with E-state index in [-0.39, 0.29) is 16.8 Å². The summed E-state index contributed by atoms with van der Waals surface area (Å²) in [5, 5.41) is 3.14. The van der Waals surface area contributed by atoms with Crippen LogP contribution in [0.1, 0.15) is 44.6 Å². The molecule has 1 saturated carbocycles. The van der Waals surface area contributed by atoms with E-state index in [0.29, 0.717) is 12.3 Å². The Labute approximate surface area is 167 Å². The molecule has 1 aliphatic carbocycles. The predicted octanol–water partition coefficient (Wildman–Crippen LogP) is 3.78. The first kappa shape index (κ1) is 20.5. The molecule has 1 N–H and O–H groups in total. The number of sulfone groups is 1. The first-order chi connectivity index (χ1) is 13.3. The van der Waals surface area contributed by atoms with Crippen molar-refractivity contribution in [2.75, 3.05) is 6.26 Å². The van der Waals surface area contributed by atoms with Crippen molar-refractivity contribution in [1.29, 1.82) is 0 Å². The summed E-state index contributed by atoms with van der Waals surface area (Å²) in [5.41, 5.74) is 2.46. The number of pyridine rings is 1. The second kappa shape index (κ2) is 8.86. The van der Waals surface area contributed by atoms with Crippen molar-refractivity contribution in [2.24, 2.45) is 5.92 Å². The summed E-state index contributed by atoms with van der Waals surface area (Å²) in [6.45, 7) is 2.11. The van der Waals surface area contributed by atoms with Crippen LogP contribution in [0, 0.1) is 5.92 Å². The Morgan fingerprint density at radius 1 is 1.11 bits per heavy atom. The zero-order chi connectivity index (χ0) is 20.1. The number of nitrogens with one attached hydrogen (secondary N) is 1. The number of nitrogens with zero attached hydrogens (tertiary/aromatic N) is 1. The SMILES string of the molecule is C[C@H](NC(=O)Cc1ccc(-c2ccc(S(C)(=O)=O)cc2)nc1)C1CCCCC1. The minimum atomic E-state index is -3.21. The van der Waals surface area contributed by atoms with Crippen molar-refractivity contribution >= 4 is 15.7 Å². The van der Waals surface area contributed by atoms with Crippen LogP contribution in [-0.4, -0.2) is 31.6 Å². The fraction of sp³-hybridized carbons (Fsp3) is 0.455. The Balaban J connectivity index is 1.58. The lowest BCUT2D eigenvalue weighted by Gasteiger charge is -2.28. The van der Waals surface area contributed by atoms with E-state index in [1.807, 2.05) is 12.1 Å². The summed E-state index contributed by atoms with van der Waals surface area (Å²) in [7, 11) is -3.21. The number of benzene rings is 1. The monoisotopic (exact) mass is 400 g/mol. The quantitative estimate of drug-likeness (QED) is 0.801. The third-order valence-corrected chi connectivity index (χ3v) is 6.64. The normalized spacial score (nSPS) is 16.5. The molecular weight excluding hydrogens is 372 g/mol. The average molecular weight is 401 g/mol. The van der Waals surface area contributed by atoms with Crippen molar-refractivity contribution in [3.8, 4) is 11.3 Å². The summed E-state index contributed by atoms with van der Waals surface area (Å²) < 4.78 is 23.1. The summed E-state index contributed by atoms with van der Waals surface area (Å²) in [6.07, 6.45) is 9.47. The molecule has 1 fully saturated rings. The van der Waals surface area contributed by atoms with Crippen LogP contribution in [0.3, 0.4) is 0 Å². The van der Waals surface area contributed by atoms with Crippen LogP contribution >= 0.6 is 0 Å². The summed E-state index contributed by atoms with van der Waals surface area (Å²) in [5.74, 6) is 0.623. The number of aromatic nitrogens is 1. The van der Waals surface area contributed by atoms with Crippen LogP contribution in [0.5, 0.6) is 0 Å². The maximum Gasteiger partial charge on any atom is 0.224 e. The van der Waals surface area contributed by atoms with Gasteiger partial charge in [0.2, 0.25) is 5.91 Å². The molecule has 1 aromatic carbocycles. The maximum atomic E-state index is 12.4. The first-order valence-corrected chi connectivity index (χ1v) is 11.8. The highest BCUT2D eigenvalue weighted by atomic mass is 32.2. The number of rotatable bonds is 6. The Bertz CT molecular complexity index is 900. The zero-order valence-corrected chi connectivity index (χ0v) is 17.3. The van der Waals surface area contributed by atoms with Gasteiger partial charge in [-0.15, -0.1) is 0 Å². The van der Waals surface area contributed by atoms with Crippen LogP contribution in [0.15, 0.2) is 47.5 Å². The van der Waals surface area contributed by atoms with Crippen molar-refractivity contribution < 1.29 is 13.2 Å². The van der Waals surface area contributed by atoms with E-state index in [0.717, 1.165) is 16.8 Å². The van der Waals surface area contributed by atoms with E-state index in [2.05, 4.69) is 17.2 Å². The van der Waals surface area contributed by atoms with Gasteiger partial charge in [-0.2, -0.15) is 0 Å². The Hall–Kier alpha value is -2.21. The number of hydrogen-bond donors (Lipinski definition) is 1. The molecule has 1 heterocycles. The number of carbonyl (C=O) groups excluding carboxylic acids is 1. The molecule has 1 atom stereocenters. The average Bonchev–Trinajstić information content (AvgIpc) is 2.68. The van der Waals surface area contributed by atoms with Gasteiger partial charge in [0.25, 0.3) is 0 Å². The molecule has 0 unspecified atom stereocenters. The second-order valence-electron chi connectivity index (χ2n) is 7.78. The molecule has 3 rings (SSSR count). The smallest absolute Gasteiger partial charge is 0.224 e. The highest BCUT2D eigenvalue weighted by Gasteiger charge is 2.21. The van der Waals surface area contributed by atoms with E-state index in [4.69, 9.17) is 0 Å². The standard InChI is InChI=1S/C22H28N2O3S/c1-16(18-6-4-3-5-7-18)24-22(25)14-17-8-13-21(23-15-17)19-9-11-20(12-10-19)28(2,26)27/h8-13,15-16,18H,3-7,14H2,1-2H3,(H,24,25)/t16-/m0/s1. The molecule has 0 radical (unpaired) electrons. The Morgan fingerprint density at radius 3 is 2.36 bits per heavy atom. The van der Waals surface area contributed by atoms with Gasteiger partial charge in [-0.3, -0.25) is 9.78 Å². The maximum absolute atomic E-state index is 12.4. The zero-order valence-electron chi connectivity index (χ0n) is 16.5. The molecule has 1 amide bonds. The van der Waals surface area contributed by atoms with Crippen LogP contribution < -0.4 is 5.32 Å². The van der Waals surface area contributed by atoms with Gasteiger partial charge in [0, 0.05) is 24.1 Å². The van der Waals surface area contributed by atoms with Crippen molar-refractivity contribution in [1.82, 2.24) is 10.3 Å². The summed E-state index contributed by atoms with van der Waals surface area (Å²) in [6, 6.07) is 10.6.